The lowest BCUT2D eigenvalue weighted by molar-refractivity contribution is -0.156. The number of methoxy groups -OCH3 is 1. The highest BCUT2D eigenvalue weighted by molar-refractivity contribution is 5.66. The topological polar surface area (TPSA) is 35.5 Å². The van der Waals surface area contributed by atoms with E-state index in [4.69, 9.17) is 9.47 Å². The molecule has 0 spiro atoms. The summed E-state index contributed by atoms with van der Waals surface area (Å²) in [6, 6.07) is 0. The van der Waals surface area contributed by atoms with Crippen LogP contribution in [0.1, 0.15) is 32.6 Å². The molecule has 0 heterocycles. The molecule has 2 atom stereocenters. The Kier molecular flexibility index (Phi) is 3.53. The maximum absolute atomic E-state index is 10.7. The van der Waals surface area contributed by atoms with E-state index < -0.39 is 0 Å². The van der Waals surface area contributed by atoms with Gasteiger partial charge in [-0.25, -0.2) is 0 Å². The van der Waals surface area contributed by atoms with E-state index in [0.717, 1.165) is 19.3 Å². The van der Waals surface area contributed by atoms with Gasteiger partial charge in [0.1, 0.15) is 6.10 Å². The van der Waals surface area contributed by atoms with Crippen LogP contribution in [0.4, 0.5) is 0 Å². The van der Waals surface area contributed by atoms with Crippen molar-refractivity contribution in [2.24, 2.45) is 0 Å². The van der Waals surface area contributed by atoms with Crippen molar-refractivity contribution in [2.75, 3.05) is 7.11 Å². The van der Waals surface area contributed by atoms with Gasteiger partial charge in [-0.1, -0.05) is 6.42 Å². The molecule has 1 saturated carbocycles. The lowest BCUT2D eigenvalue weighted by atomic mass is 9.94. The van der Waals surface area contributed by atoms with E-state index in [9.17, 15) is 4.79 Å². The number of hydrogen-bond donors (Lipinski definition) is 0. The van der Waals surface area contributed by atoms with Crippen LogP contribution in [0.25, 0.3) is 0 Å². The monoisotopic (exact) mass is 172 g/mol. The van der Waals surface area contributed by atoms with E-state index in [1.165, 1.54) is 13.3 Å². The first-order valence-electron chi connectivity index (χ1n) is 4.44. The second kappa shape index (κ2) is 4.45. The Morgan fingerprint density at radius 1 is 1.25 bits per heavy atom. The standard InChI is InChI=1S/C9H16O3/c1-7(10)12-9-6-4-3-5-8(9)11-2/h8-9H,3-6H2,1-2H3. The molecule has 0 radical (unpaired) electrons. The lowest BCUT2D eigenvalue weighted by Gasteiger charge is -2.29. The van der Waals surface area contributed by atoms with E-state index in [1.807, 2.05) is 0 Å². The summed E-state index contributed by atoms with van der Waals surface area (Å²) in [7, 11) is 1.67. The van der Waals surface area contributed by atoms with Gasteiger partial charge in [-0.15, -0.1) is 0 Å². The molecular formula is C9H16O3. The Morgan fingerprint density at radius 2 is 1.83 bits per heavy atom. The molecule has 0 aromatic rings. The molecule has 1 rings (SSSR count). The number of carbonyl (C=O) groups excluding carboxylic acids is 1. The van der Waals surface area contributed by atoms with Crippen LogP contribution in [0, 0.1) is 0 Å². The van der Waals surface area contributed by atoms with Gasteiger partial charge >= 0.3 is 5.97 Å². The first-order valence-corrected chi connectivity index (χ1v) is 4.44. The van der Waals surface area contributed by atoms with E-state index in [1.54, 1.807) is 7.11 Å². The van der Waals surface area contributed by atoms with Crippen LogP contribution in [-0.4, -0.2) is 25.3 Å². The number of hydrogen-bond acceptors (Lipinski definition) is 3. The average Bonchev–Trinajstić information content (AvgIpc) is 2.04. The Morgan fingerprint density at radius 3 is 2.33 bits per heavy atom. The number of rotatable bonds is 2. The molecule has 0 aliphatic heterocycles. The largest absolute Gasteiger partial charge is 0.460 e. The van der Waals surface area contributed by atoms with Gasteiger partial charge in [0, 0.05) is 14.0 Å². The molecule has 1 fully saturated rings. The molecule has 3 nitrogen and oxygen atoms in total. The molecule has 0 amide bonds. The van der Waals surface area contributed by atoms with Crippen molar-refractivity contribution in [3.63, 3.8) is 0 Å². The van der Waals surface area contributed by atoms with Gasteiger partial charge in [0.2, 0.25) is 0 Å². The van der Waals surface area contributed by atoms with Gasteiger partial charge in [-0.05, 0) is 19.3 Å². The molecule has 0 saturated heterocycles. The second-order valence-electron chi connectivity index (χ2n) is 3.21. The van der Waals surface area contributed by atoms with Crippen molar-refractivity contribution in [3.8, 4) is 0 Å². The minimum atomic E-state index is -0.205. The SMILES string of the molecule is COC1CCCCC1OC(C)=O. The highest BCUT2D eigenvalue weighted by Crippen LogP contribution is 2.23. The minimum Gasteiger partial charge on any atom is -0.460 e. The van der Waals surface area contributed by atoms with E-state index >= 15 is 0 Å². The van der Waals surface area contributed by atoms with Crippen LogP contribution in [0.2, 0.25) is 0 Å². The molecule has 12 heavy (non-hydrogen) atoms. The van der Waals surface area contributed by atoms with Crippen molar-refractivity contribution in [1.82, 2.24) is 0 Å². The summed E-state index contributed by atoms with van der Waals surface area (Å²) in [4.78, 5) is 10.7. The van der Waals surface area contributed by atoms with Crippen LogP contribution in [0.15, 0.2) is 0 Å². The molecule has 0 aromatic carbocycles. The van der Waals surface area contributed by atoms with Crippen molar-refractivity contribution in [3.05, 3.63) is 0 Å². The summed E-state index contributed by atoms with van der Waals surface area (Å²) in [6.45, 7) is 1.45. The average molecular weight is 172 g/mol. The maximum atomic E-state index is 10.7. The van der Waals surface area contributed by atoms with Crippen LogP contribution in [0.5, 0.6) is 0 Å². The van der Waals surface area contributed by atoms with Crippen LogP contribution in [-0.2, 0) is 14.3 Å². The highest BCUT2D eigenvalue weighted by Gasteiger charge is 2.26. The van der Waals surface area contributed by atoms with E-state index in [2.05, 4.69) is 0 Å². The Hall–Kier alpha value is -0.570. The van der Waals surface area contributed by atoms with Crippen molar-refractivity contribution >= 4 is 5.97 Å². The van der Waals surface area contributed by atoms with Crippen LogP contribution in [0.3, 0.4) is 0 Å². The fourth-order valence-electron chi connectivity index (χ4n) is 1.68. The van der Waals surface area contributed by atoms with Gasteiger partial charge < -0.3 is 9.47 Å². The van der Waals surface area contributed by atoms with Crippen molar-refractivity contribution < 1.29 is 14.3 Å². The number of esters is 1. The van der Waals surface area contributed by atoms with Gasteiger partial charge in [0.15, 0.2) is 0 Å². The smallest absolute Gasteiger partial charge is 0.302 e. The predicted octanol–water partition coefficient (Wildman–Crippen LogP) is 1.51. The number of carbonyl (C=O) groups is 1. The number of ether oxygens (including phenoxy) is 2. The molecule has 0 bridgehead atoms. The summed E-state index contributed by atoms with van der Waals surface area (Å²) < 4.78 is 10.4. The quantitative estimate of drug-likeness (QED) is 0.592. The van der Waals surface area contributed by atoms with Gasteiger partial charge in [0.25, 0.3) is 0 Å². The Labute approximate surface area is 73.0 Å². The zero-order valence-corrected chi connectivity index (χ0v) is 7.71. The first-order chi connectivity index (χ1) is 5.74. The summed E-state index contributed by atoms with van der Waals surface area (Å²) in [5, 5.41) is 0. The molecule has 0 N–H and O–H groups in total. The molecule has 3 heteroatoms. The van der Waals surface area contributed by atoms with E-state index in [-0.39, 0.29) is 18.2 Å². The van der Waals surface area contributed by atoms with Crippen molar-refractivity contribution in [1.29, 1.82) is 0 Å². The molecule has 2 unspecified atom stereocenters. The molecule has 0 aromatic heterocycles. The Bertz CT molecular complexity index is 156. The summed E-state index contributed by atoms with van der Waals surface area (Å²) in [5.74, 6) is -0.205. The lowest BCUT2D eigenvalue weighted by Crippen LogP contribution is -2.35. The highest BCUT2D eigenvalue weighted by atomic mass is 16.6. The third kappa shape index (κ3) is 2.48. The zero-order valence-electron chi connectivity index (χ0n) is 7.71. The summed E-state index contributed by atoms with van der Waals surface area (Å²) >= 11 is 0. The normalized spacial score (nSPS) is 29.8. The molecule has 1 aliphatic rings. The van der Waals surface area contributed by atoms with Crippen LogP contribution >= 0.6 is 0 Å². The van der Waals surface area contributed by atoms with Gasteiger partial charge in [-0.2, -0.15) is 0 Å². The molecule has 70 valence electrons. The maximum Gasteiger partial charge on any atom is 0.302 e. The fourth-order valence-corrected chi connectivity index (χ4v) is 1.68. The summed E-state index contributed by atoms with van der Waals surface area (Å²) in [6.07, 6.45) is 4.37. The molecule has 1 aliphatic carbocycles. The third-order valence-corrected chi connectivity index (χ3v) is 2.26. The van der Waals surface area contributed by atoms with Crippen molar-refractivity contribution in [2.45, 2.75) is 44.8 Å². The summed E-state index contributed by atoms with van der Waals surface area (Å²) in [5.41, 5.74) is 0. The first kappa shape index (κ1) is 9.52. The second-order valence-corrected chi connectivity index (χ2v) is 3.21. The Balaban J connectivity index is 2.41. The van der Waals surface area contributed by atoms with Gasteiger partial charge in [0.05, 0.1) is 6.10 Å². The van der Waals surface area contributed by atoms with Crippen LogP contribution < -0.4 is 0 Å². The van der Waals surface area contributed by atoms with Gasteiger partial charge in [-0.3, -0.25) is 4.79 Å². The third-order valence-electron chi connectivity index (χ3n) is 2.26. The predicted molar refractivity (Wildman–Crippen MR) is 44.8 cm³/mol. The molecular weight excluding hydrogens is 156 g/mol. The zero-order chi connectivity index (χ0) is 8.97. The minimum absolute atomic E-state index is 0.0127. The van der Waals surface area contributed by atoms with E-state index in [0.29, 0.717) is 0 Å². The fraction of sp³-hybridized carbons (Fsp3) is 0.889.